The van der Waals surface area contributed by atoms with Gasteiger partial charge in [-0.05, 0) is 23.6 Å². The van der Waals surface area contributed by atoms with E-state index < -0.39 is 7.12 Å². The summed E-state index contributed by atoms with van der Waals surface area (Å²) in [7, 11) is 1.43. The molecule has 5 heteroatoms. The molecule has 0 aliphatic carbocycles. The van der Waals surface area contributed by atoms with Crippen LogP contribution >= 0.6 is 0 Å². The van der Waals surface area contributed by atoms with Gasteiger partial charge < -0.3 is 14.6 Å². The number of benzene rings is 1. The van der Waals surface area contributed by atoms with Gasteiger partial charge in [-0.1, -0.05) is 18.2 Å². The average molecular weight is 246 g/mol. The monoisotopic (exact) mass is 246 g/mol. The molecule has 0 bridgehead atoms. The van der Waals surface area contributed by atoms with Crippen molar-refractivity contribution in [2.24, 2.45) is 0 Å². The van der Waals surface area contributed by atoms with Crippen LogP contribution in [-0.2, 0) is 17.8 Å². The average Bonchev–Trinajstić information content (AvgIpc) is 2.75. The fourth-order valence-electron chi connectivity index (χ4n) is 2.75. The van der Waals surface area contributed by atoms with Crippen LogP contribution in [-0.4, -0.2) is 55.2 Å². The summed E-state index contributed by atoms with van der Waals surface area (Å²) in [6.45, 7) is 5.88. The van der Waals surface area contributed by atoms with E-state index in [1.807, 2.05) is 6.07 Å². The van der Waals surface area contributed by atoms with E-state index in [2.05, 4.69) is 29.0 Å². The summed E-state index contributed by atoms with van der Waals surface area (Å²) in [6.07, 6.45) is 0. The van der Waals surface area contributed by atoms with E-state index in [1.54, 1.807) is 0 Å². The highest BCUT2D eigenvalue weighted by atomic mass is 16.5. The van der Waals surface area contributed by atoms with Crippen molar-refractivity contribution < 1.29 is 9.68 Å². The van der Waals surface area contributed by atoms with E-state index in [9.17, 15) is 5.02 Å². The Labute approximate surface area is 108 Å². The van der Waals surface area contributed by atoms with Crippen molar-refractivity contribution in [3.63, 3.8) is 0 Å². The van der Waals surface area contributed by atoms with Gasteiger partial charge >= 0.3 is 7.12 Å². The molecule has 0 amide bonds. The van der Waals surface area contributed by atoms with Crippen LogP contribution in [0.4, 0.5) is 0 Å². The van der Waals surface area contributed by atoms with Gasteiger partial charge in [-0.15, -0.1) is 0 Å². The highest BCUT2D eigenvalue weighted by Gasteiger charge is 2.30. The maximum atomic E-state index is 9.88. The Morgan fingerprint density at radius 3 is 2.83 bits per heavy atom. The van der Waals surface area contributed by atoms with Gasteiger partial charge in [0.25, 0.3) is 0 Å². The molecule has 2 aliphatic rings. The second-order valence-electron chi connectivity index (χ2n) is 5.23. The smallest absolute Gasteiger partial charge is 0.423 e. The van der Waals surface area contributed by atoms with Gasteiger partial charge in [0.1, 0.15) is 0 Å². The second kappa shape index (κ2) is 5.01. The van der Waals surface area contributed by atoms with E-state index >= 15 is 0 Å². The number of hydrogen-bond donors (Lipinski definition) is 1. The molecule has 0 saturated carbocycles. The Bertz CT molecular complexity index is 433. The Morgan fingerprint density at radius 1 is 1.28 bits per heavy atom. The van der Waals surface area contributed by atoms with Crippen molar-refractivity contribution in [2.75, 3.05) is 33.2 Å². The fourth-order valence-corrected chi connectivity index (χ4v) is 2.75. The molecule has 2 heterocycles. The van der Waals surface area contributed by atoms with Crippen LogP contribution in [0.2, 0.25) is 0 Å². The maximum Gasteiger partial charge on any atom is 0.492 e. The molecule has 0 unspecified atom stereocenters. The number of hydrogen-bond acceptors (Lipinski definition) is 4. The molecule has 2 aliphatic heterocycles. The Morgan fingerprint density at radius 2 is 2.06 bits per heavy atom. The first-order chi connectivity index (χ1) is 8.74. The van der Waals surface area contributed by atoms with Gasteiger partial charge in [0, 0.05) is 32.7 Å². The molecule has 0 spiro atoms. The van der Waals surface area contributed by atoms with E-state index in [0.29, 0.717) is 6.61 Å². The quantitative estimate of drug-likeness (QED) is 0.724. The van der Waals surface area contributed by atoms with Crippen molar-refractivity contribution in [3.05, 3.63) is 29.3 Å². The molecule has 0 atom stereocenters. The fraction of sp³-hybridized carbons (Fsp3) is 0.538. The molecule has 1 N–H and O–H groups in total. The molecule has 1 saturated heterocycles. The van der Waals surface area contributed by atoms with E-state index in [1.165, 1.54) is 5.56 Å². The van der Waals surface area contributed by atoms with Crippen LogP contribution in [0.15, 0.2) is 18.2 Å². The SMILES string of the molecule is CN1CCN(Cc2cccc3c2B(O)OC3)CC1. The third-order valence-electron chi connectivity index (χ3n) is 3.92. The van der Waals surface area contributed by atoms with E-state index in [4.69, 9.17) is 4.65 Å². The molecule has 0 aromatic heterocycles. The second-order valence-corrected chi connectivity index (χ2v) is 5.23. The van der Waals surface area contributed by atoms with Crippen LogP contribution < -0.4 is 5.46 Å². The number of nitrogens with zero attached hydrogens (tertiary/aromatic N) is 2. The van der Waals surface area contributed by atoms with Crippen LogP contribution in [0.25, 0.3) is 0 Å². The molecule has 1 aromatic rings. The lowest BCUT2D eigenvalue weighted by atomic mass is 9.76. The molecule has 4 nitrogen and oxygen atoms in total. The third-order valence-corrected chi connectivity index (χ3v) is 3.92. The number of likely N-dealkylation sites (N-methyl/N-ethyl adjacent to an activating group) is 1. The predicted molar refractivity (Wildman–Crippen MR) is 71.6 cm³/mol. The molecule has 96 valence electrons. The Kier molecular flexibility index (Phi) is 3.39. The molecule has 3 rings (SSSR count). The standard InChI is InChI=1S/C13H19BN2O2/c1-15-5-7-16(8-6-15)9-11-3-2-4-12-10-18-14(17)13(11)12/h2-4,17H,5-10H2,1H3. The van der Waals surface area contributed by atoms with Crippen LogP contribution in [0, 0.1) is 0 Å². The summed E-state index contributed by atoms with van der Waals surface area (Å²) >= 11 is 0. The van der Waals surface area contributed by atoms with Crippen LogP contribution in [0.5, 0.6) is 0 Å². The van der Waals surface area contributed by atoms with E-state index in [-0.39, 0.29) is 0 Å². The number of rotatable bonds is 2. The van der Waals surface area contributed by atoms with Crippen molar-refractivity contribution >= 4 is 12.6 Å². The lowest BCUT2D eigenvalue weighted by Crippen LogP contribution is -2.45. The van der Waals surface area contributed by atoms with E-state index in [0.717, 1.165) is 43.8 Å². The zero-order valence-corrected chi connectivity index (χ0v) is 10.8. The lowest BCUT2D eigenvalue weighted by Gasteiger charge is -2.32. The highest BCUT2D eigenvalue weighted by molar-refractivity contribution is 6.62. The minimum absolute atomic E-state index is 0.535. The minimum atomic E-state index is -0.733. The molecular weight excluding hydrogens is 227 g/mol. The molecule has 0 radical (unpaired) electrons. The van der Waals surface area contributed by atoms with Gasteiger partial charge in [-0.25, -0.2) is 0 Å². The van der Waals surface area contributed by atoms with Crippen molar-refractivity contribution in [3.8, 4) is 0 Å². The summed E-state index contributed by atoms with van der Waals surface area (Å²) in [5.74, 6) is 0. The molecule has 1 aromatic carbocycles. The first-order valence-electron chi connectivity index (χ1n) is 6.55. The Balaban J connectivity index is 1.75. The summed E-state index contributed by atoms with van der Waals surface area (Å²) in [5.41, 5.74) is 3.34. The highest BCUT2D eigenvalue weighted by Crippen LogP contribution is 2.15. The summed E-state index contributed by atoms with van der Waals surface area (Å²) in [4.78, 5) is 4.80. The minimum Gasteiger partial charge on any atom is -0.423 e. The molecular formula is C13H19BN2O2. The number of piperazine rings is 1. The summed E-state index contributed by atoms with van der Waals surface area (Å²) < 4.78 is 5.30. The van der Waals surface area contributed by atoms with Crippen molar-refractivity contribution in [1.82, 2.24) is 9.80 Å². The lowest BCUT2D eigenvalue weighted by molar-refractivity contribution is 0.148. The largest absolute Gasteiger partial charge is 0.492 e. The van der Waals surface area contributed by atoms with Crippen LogP contribution in [0.1, 0.15) is 11.1 Å². The topological polar surface area (TPSA) is 35.9 Å². The van der Waals surface area contributed by atoms with Crippen LogP contribution in [0.3, 0.4) is 0 Å². The zero-order chi connectivity index (χ0) is 12.5. The predicted octanol–water partition coefficient (Wildman–Crippen LogP) is -0.348. The maximum absolute atomic E-state index is 9.88. The van der Waals surface area contributed by atoms with Gasteiger partial charge in [0.15, 0.2) is 0 Å². The Hall–Kier alpha value is -0.875. The van der Waals surface area contributed by atoms with Gasteiger partial charge in [0.05, 0.1) is 6.61 Å². The third kappa shape index (κ3) is 2.31. The number of fused-ring (bicyclic) bond motifs is 1. The first kappa shape index (κ1) is 12.2. The zero-order valence-electron chi connectivity index (χ0n) is 10.8. The van der Waals surface area contributed by atoms with Crippen molar-refractivity contribution in [1.29, 1.82) is 0 Å². The summed E-state index contributed by atoms with van der Waals surface area (Å²) in [5, 5.41) is 9.88. The first-order valence-corrected chi connectivity index (χ1v) is 6.55. The van der Waals surface area contributed by atoms with Crippen molar-refractivity contribution in [2.45, 2.75) is 13.2 Å². The molecule has 1 fully saturated rings. The van der Waals surface area contributed by atoms with Gasteiger partial charge in [-0.3, -0.25) is 4.90 Å². The van der Waals surface area contributed by atoms with Gasteiger partial charge in [0.2, 0.25) is 0 Å². The van der Waals surface area contributed by atoms with Gasteiger partial charge in [-0.2, -0.15) is 0 Å². The molecule has 18 heavy (non-hydrogen) atoms. The normalized spacial score (nSPS) is 21.3. The summed E-state index contributed by atoms with van der Waals surface area (Å²) in [6, 6.07) is 6.21.